The van der Waals surface area contributed by atoms with E-state index in [1.165, 1.54) is 0 Å². The molecule has 4 rings (SSSR count). The number of pyridine rings is 1. The van der Waals surface area contributed by atoms with Crippen molar-refractivity contribution in [3.8, 4) is 22.8 Å². The third-order valence-corrected chi connectivity index (χ3v) is 3.96. The summed E-state index contributed by atoms with van der Waals surface area (Å²) in [5.74, 6) is 1.82. The van der Waals surface area contributed by atoms with Crippen LogP contribution in [0.5, 0.6) is 11.5 Å². The summed E-state index contributed by atoms with van der Waals surface area (Å²) in [6.45, 7) is 3.25. The molecule has 0 saturated carbocycles. The Morgan fingerprint density at radius 3 is 2.67 bits per heavy atom. The summed E-state index contributed by atoms with van der Waals surface area (Å²) >= 11 is 0. The maximum absolute atomic E-state index is 5.80. The number of anilines is 1. The van der Waals surface area contributed by atoms with Crippen LogP contribution in [0.4, 0.5) is 5.95 Å². The average Bonchev–Trinajstić information content (AvgIpc) is 2.61. The number of hydrogen-bond acceptors (Lipinski definition) is 6. The molecule has 0 bridgehead atoms. The van der Waals surface area contributed by atoms with Crippen molar-refractivity contribution in [1.82, 2.24) is 15.0 Å². The number of nitrogens with zero attached hydrogens (tertiary/aromatic N) is 3. The van der Waals surface area contributed by atoms with Gasteiger partial charge in [-0.05, 0) is 36.8 Å². The fraction of sp³-hybridized carbons (Fsp3) is 0.278. The Morgan fingerprint density at radius 1 is 1.00 bits per heavy atom. The molecule has 0 spiro atoms. The minimum atomic E-state index is 0.292. The van der Waals surface area contributed by atoms with Gasteiger partial charge in [-0.25, -0.2) is 15.0 Å². The van der Waals surface area contributed by atoms with Gasteiger partial charge in [-0.3, -0.25) is 0 Å². The Kier molecular flexibility index (Phi) is 3.65. The molecule has 0 saturated heterocycles. The summed E-state index contributed by atoms with van der Waals surface area (Å²) in [4.78, 5) is 13.4. The number of aryl methyl sites for hydroxylation is 1. The SMILES string of the molecule is CCCc1nc(N)nc2ccc(-c3ccc4c(c3)OCCO4)nc12. The Labute approximate surface area is 139 Å². The number of fused-ring (bicyclic) bond motifs is 2. The van der Waals surface area contributed by atoms with Crippen molar-refractivity contribution in [2.45, 2.75) is 19.8 Å². The zero-order valence-electron chi connectivity index (χ0n) is 13.5. The van der Waals surface area contributed by atoms with E-state index in [2.05, 4.69) is 16.9 Å². The topological polar surface area (TPSA) is 83.2 Å². The van der Waals surface area contributed by atoms with Crippen molar-refractivity contribution in [1.29, 1.82) is 0 Å². The van der Waals surface area contributed by atoms with E-state index in [9.17, 15) is 0 Å². The lowest BCUT2D eigenvalue weighted by atomic mass is 10.1. The molecule has 0 atom stereocenters. The molecule has 2 N–H and O–H groups in total. The quantitative estimate of drug-likeness (QED) is 0.798. The average molecular weight is 322 g/mol. The molecule has 2 aromatic heterocycles. The van der Waals surface area contributed by atoms with E-state index in [1.54, 1.807) is 0 Å². The Morgan fingerprint density at radius 2 is 1.83 bits per heavy atom. The summed E-state index contributed by atoms with van der Waals surface area (Å²) in [5, 5.41) is 0. The zero-order chi connectivity index (χ0) is 16.5. The maximum atomic E-state index is 5.80. The molecule has 0 unspecified atom stereocenters. The summed E-state index contributed by atoms with van der Waals surface area (Å²) in [6, 6.07) is 9.74. The highest BCUT2D eigenvalue weighted by atomic mass is 16.6. The van der Waals surface area contributed by atoms with Crippen LogP contribution in [0.25, 0.3) is 22.3 Å². The minimum absolute atomic E-state index is 0.292. The van der Waals surface area contributed by atoms with Gasteiger partial charge >= 0.3 is 0 Å². The van der Waals surface area contributed by atoms with Gasteiger partial charge in [0.2, 0.25) is 5.95 Å². The third kappa shape index (κ3) is 2.60. The molecule has 122 valence electrons. The van der Waals surface area contributed by atoms with Gasteiger partial charge in [0.25, 0.3) is 0 Å². The van der Waals surface area contributed by atoms with Crippen LogP contribution in [-0.2, 0) is 6.42 Å². The fourth-order valence-corrected chi connectivity index (χ4v) is 2.87. The highest BCUT2D eigenvalue weighted by molar-refractivity contribution is 5.81. The van der Waals surface area contributed by atoms with Crippen LogP contribution in [0.1, 0.15) is 19.0 Å². The van der Waals surface area contributed by atoms with Crippen molar-refractivity contribution in [3.05, 3.63) is 36.0 Å². The van der Waals surface area contributed by atoms with Crippen molar-refractivity contribution in [2.24, 2.45) is 0 Å². The molecule has 0 fully saturated rings. The number of nitrogen functional groups attached to an aromatic ring is 1. The van der Waals surface area contributed by atoms with Crippen LogP contribution in [-0.4, -0.2) is 28.2 Å². The van der Waals surface area contributed by atoms with Crippen LogP contribution in [0.15, 0.2) is 30.3 Å². The van der Waals surface area contributed by atoms with Gasteiger partial charge in [0.15, 0.2) is 11.5 Å². The summed E-state index contributed by atoms with van der Waals surface area (Å²) in [6.07, 6.45) is 1.79. The largest absolute Gasteiger partial charge is 0.486 e. The Hall–Kier alpha value is -2.89. The van der Waals surface area contributed by atoms with E-state index < -0.39 is 0 Å². The lowest BCUT2D eigenvalue weighted by Gasteiger charge is -2.18. The minimum Gasteiger partial charge on any atom is -0.486 e. The molecule has 3 heterocycles. The Balaban J connectivity index is 1.82. The van der Waals surface area contributed by atoms with Gasteiger partial charge in [-0.15, -0.1) is 0 Å². The number of benzene rings is 1. The molecule has 3 aromatic rings. The van der Waals surface area contributed by atoms with Crippen molar-refractivity contribution >= 4 is 17.0 Å². The summed E-state index contributed by atoms with van der Waals surface area (Å²) in [5.41, 5.74) is 10.1. The molecular formula is C18H18N4O2. The second kappa shape index (κ2) is 5.96. The first-order valence-electron chi connectivity index (χ1n) is 8.08. The highest BCUT2D eigenvalue weighted by Crippen LogP contribution is 2.34. The zero-order valence-corrected chi connectivity index (χ0v) is 13.5. The van der Waals surface area contributed by atoms with Gasteiger partial charge in [0, 0.05) is 5.56 Å². The highest BCUT2D eigenvalue weighted by Gasteiger charge is 2.14. The lowest BCUT2D eigenvalue weighted by Crippen LogP contribution is -2.15. The van der Waals surface area contributed by atoms with Gasteiger partial charge < -0.3 is 15.2 Å². The number of nitrogens with two attached hydrogens (primary N) is 1. The van der Waals surface area contributed by atoms with Crippen LogP contribution < -0.4 is 15.2 Å². The van der Waals surface area contributed by atoms with Crippen molar-refractivity contribution in [2.75, 3.05) is 18.9 Å². The molecule has 0 radical (unpaired) electrons. The van der Waals surface area contributed by atoms with Crippen molar-refractivity contribution < 1.29 is 9.47 Å². The first-order chi connectivity index (χ1) is 11.7. The van der Waals surface area contributed by atoms with Crippen LogP contribution in [0.2, 0.25) is 0 Å². The summed E-state index contributed by atoms with van der Waals surface area (Å²) in [7, 11) is 0. The van der Waals surface area contributed by atoms with Gasteiger partial charge in [0.05, 0.1) is 16.9 Å². The van der Waals surface area contributed by atoms with E-state index in [0.29, 0.717) is 19.2 Å². The molecule has 24 heavy (non-hydrogen) atoms. The predicted molar refractivity (Wildman–Crippen MR) is 92.2 cm³/mol. The molecule has 1 aliphatic heterocycles. The van der Waals surface area contributed by atoms with Gasteiger partial charge in [0.1, 0.15) is 18.7 Å². The second-order valence-corrected chi connectivity index (χ2v) is 5.70. The number of aromatic nitrogens is 3. The van der Waals surface area contributed by atoms with Crippen LogP contribution >= 0.6 is 0 Å². The first kappa shape index (κ1) is 14.7. The maximum Gasteiger partial charge on any atom is 0.220 e. The smallest absolute Gasteiger partial charge is 0.220 e. The van der Waals surface area contributed by atoms with E-state index in [1.807, 2.05) is 30.3 Å². The van der Waals surface area contributed by atoms with E-state index >= 15 is 0 Å². The molecule has 1 aliphatic rings. The predicted octanol–water partition coefficient (Wildman–Crippen LogP) is 3.00. The monoisotopic (exact) mass is 322 g/mol. The molecule has 6 heteroatoms. The van der Waals surface area contributed by atoms with Crippen LogP contribution in [0.3, 0.4) is 0 Å². The second-order valence-electron chi connectivity index (χ2n) is 5.70. The van der Waals surface area contributed by atoms with E-state index in [0.717, 1.165) is 52.3 Å². The lowest BCUT2D eigenvalue weighted by molar-refractivity contribution is 0.171. The molecule has 0 aliphatic carbocycles. The van der Waals surface area contributed by atoms with E-state index in [4.69, 9.17) is 20.2 Å². The fourth-order valence-electron chi connectivity index (χ4n) is 2.87. The van der Waals surface area contributed by atoms with Gasteiger partial charge in [-0.1, -0.05) is 13.3 Å². The standard InChI is InChI=1S/C18H18N4O2/c1-2-3-13-17-14(22-18(19)21-13)6-5-12(20-17)11-4-7-15-16(10-11)24-9-8-23-15/h4-7,10H,2-3,8-9H2,1H3,(H2,19,21,22). The number of hydrogen-bond donors (Lipinski definition) is 1. The molecule has 1 aromatic carbocycles. The Bertz CT molecular complexity index is 911. The van der Waals surface area contributed by atoms with Crippen molar-refractivity contribution in [3.63, 3.8) is 0 Å². The third-order valence-electron chi connectivity index (χ3n) is 3.96. The number of ether oxygens (including phenoxy) is 2. The normalized spacial score (nSPS) is 13.2. The first-order valence-corrected chi connectivity index (χ1v) is 8.08. The molecule has 0 amide bonds. The number of rotatable bonds is 3. The summed E-state index contributed by atoms with van der Waals surface area (Å²) < 4.78 is 11.2. The van der Waals surface area contributed by atoms with Gasteiger partial charge in [-0.2, -0.15) is 0 Å². The molecule has 6 nitrogen and oxygen atoms in total. The molecular weight excluding hydrogens is 304 g/mol. The van der Waals surface area contributed by atoms with Crippen LogP contribution in [0, 0.1) is 0 Å². The van der Waals surface area contributed by atoms with E-state index in [-0.39, 0.29) is 0 Å².